The average Bonchev–Trinajstić information content (AvgIpc) is 2.88. The summed E-state index contributed by atoms with van der Waals surface area (Å²) in [6, 6.07) is 19.6. The van der Waals surface area contributed by atoms with Gasteiger partial charge in [0.1, 0.15) is 5.75 Å². The van der Waals surface area contributed by atoms with Crippen LogP contribution in [0.3, 0.4) is 0 Å². The first-order chi connectivity index (χ1) is 17.6. The maximum atomic E-state index is 12.8. The van der Waals surface area contributed by atoms with E-state index in [0.29, 0.717) is 17.4 Å². The average molecular weight is 512 g/mol. The highest BCUT2D eigenvalue weighted by atomic mass is 19.4. The van der Waals surface area contributed by atoms with Crippen molar-refractivity contribution in [3.8, 4) is 5.75 Å². The molecule has 0 unspecified atom stereocenters. The van der Waals surface area contributed by atoms with Gasteiger partial charge in [0.2, 0.25) is 0 Å². The molecule has 3 aromatic carbocycles. The molecule has 11 heteroatoms. The van der Waals surface area contributed by atoms with Gasteiger partial charge in [-0.05, 0) is 60.5 Å². The molecule has 3 amide bonds. The number of halogens is 3. The molecule has 192 valence electrons. The molecule has 0 bridgehead atoms. The van der Waals surface area contributed by atoms with Crippen LogP contribution in [0, 0.1) is 0 Å². The van der Waals surface area contributed by atoms with Crippen LogP contribution in [0.25, 0.3) is 0 Å². The Bertz CT molecular complexity index is 1260. The Morgan fingerprint density at radius 2 is 1.65 bits per heavy atom. The molecule has 0 aliphatic heterocycles. The van der Waals surface area contributed by atoms with Crippen molar-refractivity contribution in [2.24, 2.45) is 5.10 Å². The second-order valence-electron chi connectivity index (χ2n) is 7.79. The topological polar surface area (TPSA) is 109 Å². The number of benzene rings is 3. The number of nitrogens with one attached hydrogen (secondary N) is 3. The number of carbonyl (C=O) groups excluding carboxylic acids is 3. The zero-order valence-corrected chi connectivity index (χ0v) is 19.6. The number of hydrogen-bond donors (Lipinski definition) is 3. The fraction of sp³-hybridized carbons (Fsp3) is 0.154. The first-order valence-corrected chi connectivity index (χ1v) is 11.0. The zero-order valence-electron chi connectivity index (χ0n) is 19.6. The third-order valence-corrected chi connectivity index (χ3v) is 4.96. The Morgan fingerprint density at radius 3 is 2.32 bits per heavy atom. The summed E-state index contributed by atoms with van der Waals surface area (Å²) < 4.78 is 43.8. The minimum absolute atomic E-state index is 0.168. The van der Waals surface area contributed by atoms with Crippen LogP contribution in [0.5, 0.6) is 5.75 Å². The molecule has 0 aliphatic rings. The van der Waals surface area contributed by atoms with Gasteiger partial charge in [-0.2, -0.15) is 18.3 Å². The Balaban J connectivity index is 1.43. The molecule has 3 aromatic rings. The largest absolute Gasteiger partial charge is 0.484 e. The van der Waals surface area contributed by atoms with Gasteiger partial charge in [0.15, 0.2) is 6.61 Å². The van der Waals surface area contributed by atoms with Crippen LogP contribution in [-0.4, -0.2) is 30.5 Å². The SMILES string of the molecule is C[C@H](NC(=O)COc1ccc(/C=N\NC(=O)C(=O)Nc2cccc(C(F)(F)F)c2)cc1)c1ccccc1. The summed E-state index contributed by atoms with van der Waals surface area (Å²) in [6.45, 7) is 1.69. The molecule has 8 nitrogen and oxygen atoms in total. The molecule has 0 saturated carbocycles. The van der Waals surface area contributed by atoms with E-state index >= 15 is 0 Å². The number of hydrazone groups is 1. The number of amides is 3. The first-order valence-electron chi connectivity index (χ1n) is 11.0. The summed E-state index contributed by atoms with van der Waals surface area (Å²) in [7, 11) is 0. The van der Waals surface area contributed by atoms with E-state index < -0.39 is 23.6 Å². The van der Waals surface area contributed by atoms with Gasteiger partial charge in [0.25, 0.3) is 5.91 Å². The first kappa shape index (κ1) is 26.9. The van der Waals surface area contributed by atoms with E-state index in [1.165, 1.54) is 12.3 Å². The van der Waals surface area contributed by atoms with E-state index in [0.717, 1.165) is 17.7 Å². The van der Waals surface area contributed by atoms with Gasteiger partial charge < -0.3 is 15.4 Å². The maximum Gasteiger partial charge on any atom is 0.416 e. The minimum atomic E-state index is -4.58. The number of hydrogen-bond acceptors (Lipinski definition) is 5. The quantitative estimate of drug-likeness (QED) is 0.240. The normalized spacial score (nSPS) is 12.0. The lowest BCUT2D eigenvalue weighted by molar-refractivity contribution is -0.137. The minimum Gasteiger partial charge on any atom is -0.484 e. The van der Waals surface area contributed by atoms with E-state index in [-0.39, 0.29) is 24.2 Å². The van der Waals surface area contributed by atoms with Crippen LogP contribution in [0.4, 0.5) is 18.9 Å². The third kappa shape index (κ3) is 8.49. The number of alkyl halides is 3. The Hall–Kier alpha value is -4.67. The molecule has 3 N–H and O–H groups in total. The molecule has 1 atom stereocenters. The van der Waals surface area contributed by atoms with Gasteiger partial charge in [-0.1, -0.05) is 36.4 Å². The molecule has 0 aromatic heterocycles. The van der Waals surface area contributed by atoms with Gasteiger partial charge in [-0.3, -0.25) is 14.4 Å². The highest BCUT2D eigenvalue weighted by molar-refractivity contribution is 6.39. The molecular weight excluding hydrogens is 489 g/mol. The number of carbonyl (C=O) groups is 3. The van der Waals surface area contributed by atoms with Crippen molar-refractivity contribution in [2.45, 2.75) is 19.1 Å². The zero-order chi connectivity index (χ0) is 26.8. The van der Waals surface area contributed by atoms with Gasteiger partial charge in [0.05, 0.1) is 17.8 Å². The van der Waals surface area contributed by atoms with Crippen molar-refractivity contribution in [1.29, 1.82) is 0 Å². The van der Waals surface area contributed by atoms with Crippen LogP contribution in [0.15, 0.2) is 84.0 Å². The lowest BCUT2D eigenvalue weighted by Crippen LogP contribution is -2.32. The summed E-state index contributed by atoms with van der Waals surface area (Å²) in [5.41, 5.74) is 2.37. The number of rotatable bonds is 8. The Kier molecular flexibility index (Phi) is 8.98. The molecule has 0 aliphatic carbocycles. The van der Waals surface area contributed by atoms with Crippen molar-refractivity contribution in [3.63, 3.8) is 0 Å². The molecule has 0 saturated heterocycles. The summed E-state index contributed by atoms with van der Waals surface area (Å²) in [5.74, 6) is -2.19. The van der Waals surface area contributed by atoms with Gasteiger partial charge >= 0.3 is 18.0 Å². The highest BCUT2D eigenvalue weighted by Gasteiger charge is 2.30. The van der Waals surface area contributed by atoms with Gasteiger partial charge in [0, 0.05) is 5.69 Å². The molecular formula is C26H23F3N4O4. The Morgan fingerprint density at radius 1 is 0.946 bits per heavy atom. The van der Waals surface area contributed by atoms with E-state index in [2.05, 4.69) is 15.7 Å². The van der Waals surface area contributed by atoms with E-state index in [1.54, 1.807) is 24.3 Å². The molecule has 0 radical (unpaired) electrons. The van der Waals surface area contributed by atoms with Gasteiger partial charge in [-0.25, -0.2) is 5.43 Å². The monoisotopic (exact) mass is 512 g/mol. The standard InChI is InChI=1S/C26H23F3N4O4/c1-17(19-6-3-2-4-7-19)31-23(34)16-37-22-12-10-18(11-13-22)15-30-33-25(36)24(35)32-21-9-5-8-20(14-21)26(27,28)29/h2-15,17H,16H2,1H3,(H,31,34)(H,32,35)(H,33,36)/b30-15-/t17-/m0/s1. The van der Waals surface area contributed by atoms with Crippen LogP contribution >= 0.6 is 0 Å². The molecule has 0 heterocycles. The lowest BCUT2D eigenvalue weighted by atomic mass is 10.1. The van der Waals surface area contributed by atoms with Crippen molar-refractivity contribution in [3.05, 3.63) is 95.6 Å². The third-order valence-electron chi connectivity index (χ3n) is 4.96. The molecule has 0 fully saturated rings. The summed E-state index contributed by atoms with van der Waals surface area (Å²) >= 11 is 0. The second kappa shape index (κ2) is 12.3. The smallest absolute Gasteiger partial charge is 0.416 e. The number of ether oxygens (including phenoxy) is 1. The molecule has 37 heavy (non-hydrogen) atoms. The van der Waals surface area contributed by atoms with Gasteiger partial charge in [-0.15, -0.1) is 0 Å². The second-order valence-corrected chi connectivity index (χ2v) is 7.79. The number of nitrogens with zero attached hydrogens (tertiary/aromatic N) is 1. The summed E-state index contributed by atoms with van der Waals surface area (Å²) in [6.07, 6.45) is -3.32. The van der Waals surface area contributed by atoms with E-state index in [4.69, 9.17) is 4.74 Å². The maximum absolute atomic E-state index is 12.8. The molecule has 3 rings (SSSR count). The predicted octanol–water partition coefficient (Wildman–Crippen LogP) is 4.05. The number of anilines is 1. The van der Waals surface area contributed by atoms with Crippen LogP contribution in [0.2, 0.25) is 0 Å². The lowest BCUT2D eigenvalue weighted by Gasteiger charge is -2.14. The highest BCUT2D eigenvalue weighted by Crippen LogP contribution is 2.30. The van der Waals surface area contributed by atoms with Crippen LogP contribution in [0.1, 0.15) is 29.7 Å². The van der Waals surface area contributed by atoms with Crippen molar-refractivity contribution in [1.82, 2.24) is 10.7 Å². The Labute approximate surface area is 210 Å². The van der Waals surface area contributed by atoms with Crippen molar-refractivity contribution in [2.75, 3.05) is 11.9 Å². The van der Waals surface area contributed by atoms with Crippen LogP contribution < -0.4 is 20.8 Å². The van der Waals surface area contributed by atoms with Crippen molar-refractivity contribution < 1.29 is 32.3 Å². The summed E-state index contributed by atoms with van der Waals surface area (Å²) in [5, 5.41) is 8.58. The fourth-order valence-electron chi connectivity index (χ4n) is 3.08. The van der Waals surface area contributed by atoms with E-state index in [1.807, 2.05) is 42.7 Å². The molecule has 0 spiro atoms. The fourth-order valence-corrected chi connectivity index (χ4v) is 3.08. The van der Waals surface area contributed by atoms with E-state index in [9.17, 15) is 27.6 Å². The van der Waals surface area contributed by atoms with Crippen LogP contribution in [-0.2, 0) is 20.6 Å². The van der Waals surface area contributed by atoms with Crippen molar-refractivity contribution >= 4 is 29.6 Å². The summed E-state index contributed by atoms with van der Waals surface area (Å²) in [4.78, 5) is 35.9. The predicted molar refractivity (Wildman–Crippen MR) is 131 cm³/mol.